The monoisotopic (exact) mass is 304 g/mol. The summed E-state index contributed by atoms with van der Waals surface area (Å²) in [5.41, 5.74) is 1.14. The van der Waals surface area contributed by atoms with Gasteiger partial charge in [0.25, 0.3) is 0 Å². The van der Waals surface area contributed by atoms with Gasteiger partial charge in [-0.25, -0.2) is 0 Å². The zero-order valence-electron chi connectivity index (χ0n) is 10.5. The molecule has 1 N–H and O–H groups in total. The Kier molecular flexibility index (Phi) is 6.77. The van der Waals surface area contributed by atoms with E-state index in [0.29, 0.717) is 6.61 Å². The molecule has 17 heavy (non-hydrogen) atoms. The van der Waals surface area contributed by atoms with Crippen LogP contribution in [0, 0.1) is 0 Å². The first-order chi connectivity index (χ1) is 8.19. The average Bonchev–Trinajstić information content (AvgIpc) is 2.65. The van der Waals surface area contributed by atoms with E-state index in [0.717, 1.165) is 42.4 Å². The molecule has 1 aromatic rings. The molecule has 1 aromatic heterocycles. The second-order valence-corrected chi connectivity index (χ2v) is 4.99. The lowest BCUT2D eigenvalue weighted by Crippen LogP contribution is -2.13. The Morgan fingerprint density at radius 3 is 2.94 bits per heavy atom. The molecular weight excluding hydrogens is 284 g/mol. The van der Waals surface area contributed by atoms with Gasteiger partial charge in [0.05, 0.1) is 35.6 Å². The van der Waals surface area contributed by atoms with Gasteiger partial charge >= 0.3 is 0 Å². The summed E-state index contributed by atoms with van der Waals surface area (Å²) in [4.78, 5) is 0. The number of aromatic nitrogens is 2. The summed E-state index contributed by atoms with van der Waals surface area (Å²) >= 11 is 3.49. The molecule has 1 heterocycles. The Hall–Kier alpha value is -0.390. The van der Waals surface area contributed by atoms with Crippen LogP contribution in [-0.2, 0) is 17.7 Å². The number of methoxy groups -OCH3 is 1. The quantitative estimate of drug-likeness (QED) is 0.802. The van der Waals surface area contributed by atoms with Crippen LogP contribution in [-0.4, -0.2) is 34.7 Å². The smallest absolute Gasteiger partial charge is 0.0658 e. The lowest BCUT2D eigenvalue weighted by Gasteiger charge is -2.11. The molecule has 0 aliphatic heterocycles. The van der Waals surface area contributed by atoms with Gasteiger partial charge < -0.3 is 9.84 Å². The maximum atomic E-state index is 9.74. The molecule has 0 bridgehead atoms. The summed E-state index contributed by atoms with van der Waals surface area (Å²) in [6.45, 7) is 3.49. The molecule has 0 spiro atoms. The average molecular weight is 305 g/mol. The Balaban J connectivity index is 2.53. The van der Waals surface area contributed by atoms with E-state index in [4.69, 9.17) is 4.74 Å². The summed E-state index contributed by atoms with van der Waals surface area (Å²) in [5, 5.41) is 14.0. The number of hydrogen-bond donors (Lipinski definition) is 1. The fourth-order valence-electron chi connectivity index (χ4n) is 1.79. The molecule has 4 nitrogen and oxygen atoms in total. The maximum Gasteiger partial charge on any atom is 0.0658 e. The molecule has 0 aliphatic carbocycles. The highest BCUT2D eigenvalue weighted by Gasteiger charge is 2.11. The Morgan fingerprint density at radius 1 is 1.53 bits per heavy atom. The second-order valence-electron chi connectivity index (χ2n) is 4.14. The fraction of sp³-hybridized carbons (Fsp3) is 0.750. The molecule has 0 saturated carbocycles. The van der Waals surface area contributed by atoms with Gasteiger partial charge in [0.15, 0.2) is 0 Å². The second kappa shape index (κ2) is 7.84. The summed E-state index contributed by atoms with van der Waals surface area (Å²) in [7, 11) is 1.68. The summed E-state index contributed by atoms with van der Waals surface area (Å²) < 4.78 is 8.00. The zero-order valence-corrected chi connectivity index (χ0v) is 12.1. The van der Waals surface area contributed by atoms with Crippen molar-refractivity contribution in [3.05, 3.63) is 16.4 Å². The topological polar surface area (TPSA) is 47.3 Å². The molecule has 1 atom stereocenters. The predicted molar refractivity (Wildman–Crippen MR) is 71.0 cm³/mol. The van der Waals surface area contributed by atoms with Crippen molar-refractivity contribution in [2.75, 3.05) is 13.7 Å². The lowest BCUT2D eigenvalue weighted by molar-refractivity contribution is 0.152. The van der Waals surface area contributed by atoms with Crippen LogP contribution in [0.25, 0.3) is 0 Å². The zero-order chi connectivity index (χ0) is 12.7. The Morgan fingerprint density at radius 2 is 2.29 bits per heavy atom. The number of halogens is 1. The van der Waals surface area contributed by atoms with E-state index in [9.17, 15) is 5.11 Å². The third-order valence-electron chi connectivity index (χ3n) is 2.74. The number of aliphatic hydroxyl groups excluding tert-OH is 1. The van der Waals surface area contributed by atoms with Crippen LogP contribution >= 0.6 is 15.9 Å². The molecule has 1 unspecified atom stereocenters. The molecule has 1 rings (SSSR count). The van der Waals surface area contributed by atoms with E-state index in [2.05, 4.69) is 28.0 Å². The van der Waals surface area contributed by atoms with Crippen LogP contribution in [0.5, 0.6) is 0 Å². The molecular formula is C12H21BrN2O2. The summed E-state index contributed by atoms with van der Waals surface area (Å²) in [5.74, 6) is 0. The van der Waals surface area contributed by atoms with Gasteiger partial charge in [0.1, 0.15) is 0 Å². The van der Waals surface area contributed by atoms with E-state index in [1.54, 1.807) is 13.3 Å². The number of nitrogens with zero attached hydrogens (tertiary/aromatic N) is 2. The van der Waals surface area contributed by atoms with E-state index in [-0.39, 0.29) is 6.10 Å². The molecule has 0 saturated heterocycles. The SMILES string of the molecule is CCCC(O)CCc1c(Br)cnn1CCOC. The van der Waals surface area contributed by atoms with Crippen LogP contribution in [0.2, 0.25) is 0 Å². The van der Waals surface area contributed by atoms with Crippen LogP contribution in [0.3, 0.4) is 0 Å². The van der Waals surface area contributed by atoms with E-state index in [1.807, 2.05) is 4.68 Å². The van der Waals surface area contributed by atoms with E-state index >= 15 is 0 Å². The van der Waals surface area contributed by atoms with Crippen molar-refractivity contribution in [2.24, 2.45) is 0 Å². The van der Waals surface area contributed by atoms with Gasteiger partial charge in [-0.15, -0.1) is 0 Å². The van der Waals surface area contributed by atoms with Crippen molar-refractivity contribution in [1.82, 2.24) is 9.78 Å². The highest BCUT2D eigenvalue weighted by atomic mass is 79.9. The van der Waals surface area contributed by atoms with Gasteiger partial charge in [-0.05, 0) is 35.2 Å². The number of ether oxygens (including phenoxy) is 1. The van der Waals surface area contributed by atoms with Crippen LogP contribution in [0.1, 0.15) is 31.9 Å². The first-order valence-corrected chi connectivity index (χ1v) is 6.85. The van der Waals surface area contributed by atoms with Crippen LogP contribution in [0.4, 0.5) is 0 Å². The molecule has 5 heteroatoms. The molecule has 0 aliphatic rings. The number of hydrogen-bond acceptors (Lipinski definition) is 3. The number of rotatable bonds is 8. The van der Waals surface area contributed by atoms with Gasteiger partial charge in [0.2, 0.25) is 0 Å². The predicted octanol–water partition coefficient (Wildman–Crippen LogP) is 2.39. The first-order valence-electron chi connectivity index (χ1n) is 6.06. The highest BCUT2D eigenvalue weighted by molar-refractivity contribution is 9.10. The van der Waals surface area contributed by atoms with Crippen LogP contribution in [0.15, 0.2) is 10.7 Å². The molecule has 98 valence electrons. The van der Waals surface area contributed by atoms with Gasteiger partial charge in [-0.3, -0.25) is 4.68 Å². The van der Waals surface area contributed by atoms with Gasteiger partial charge in [0, 0.05) is 7.11 Å². The third-order valence-corrected chi connectivity index (χ3v) is 3.40. The van der Waals surface area contributed by atoms with Crippen molar-refractivity contribution in [1.29, 1.82) is 0 Å². The minimum absolute atomic E-state index is 0.210. The van der Waals surface area contributed by atoms with Crippen LogP contribution < -0.4 is 0 Å². The molecule has 0 fully saturated rings. The van der Waals surface area contributed by atoms with Crippen molar-refractivity contribution in [3.63, 3.8) is 0 Å². The summed E-state index contributed by atoms with van der Waals surface area (Å²) in [6.07, 6.45) is 5.10. The summed E-state index contributed by atoms with van der Waals surface area (Å²) in [6, 6.07) is 0. The first kappa shape index (κ1) is 14.7. The van der Waals surface area contributed by atoms with Crippen molar-refractivity contribution >= 4 is 15.9 Å². The van der Waals surface area contributed by atoms with Crippen molar-refractivity contribution < 1.29 is 9.84 Å². The van der Waals surface area contributed by atoms with Gasteiger partial charge in [-0.1, -0.05) is 13.3 Å². The molecule has 0 amide bonds. The van der Waals surface area contributed by atoms with E-state index in [1.165, 1.54) is 0 Å². The Bertz CT molecular complexity index is 328. The normalized spacial score (nSPS) is 12.9. The van der Waals surface area contributed by atoms with Crippen molar-refractivity contribution in [3.8, 4) is 0 Å². The maximum absolute atomic E-state index is 9.74. The standard InChI is InChI=1S/C12H21BrN2O2/c1-3-4-10(16)5-6-12-11(13)9-14-15(12)7-8-17-2/h9-10,16H,3-8H2,1-2H3. The molecule has 0 aromatic carbocycles. The van der Waals surface area contributed by atoms with Crippen molar-refractivity contribution in [2.45, 2.75) is 45.3 Å². The molecule has 0 radical (unpaired) electrons. The lowest BCUT2D eigenvalue weighted by atomic mass is 10.1. The minimum atomic E-state index is -0.210. The Labute approximate surface area is 111 Å². The fourth-order valence-corrected chi connectivity index (χ4v) is 2.28. The number of aliphatic hydroxyl groups is 1. The highest BCUT2D eigenvalue weighted by Crippen LogP contribution is 2.19. The van der Waals surface area contributed by atoms with Gasteiger partial charge in [-0.2, -0.15) is 5.10 Å². The largest absolute Gasteiger partial charge is 0.393 e. The minimum Gasteiger partial charge on any atom is -0.393 e. The third kappa shape index (κ3) is 4.77. The van der Waals surface area contributed by atoms with E-state index < -0.39 is 0 Å².